The smallest absolute Gasteiger partial charge is 0.323 e. The topological polar surface area (TPSA) is 56.8 Å². The molecule has 2 atom stereocenters. The zero-order chi connectivity index (χ0) is 12.5. The van der Waals surface area contributed by atoms with Crippen LogP contribution >= 0.6 is 0 Å². The predicted molar refractivity (Wildman–Crippen MR) is 63.9 cm³/mol. The number of likely N-dealkylation sites (N-methyl/N-ethyl adjacent to an activating group) is 1. The van der Waals surface area contributed by atoms with Gasteiger partial charge in [0.15, 0.2) is 0 Å². The zero-order valence-corrected chi connectivity index (χ0v) is 10.7. The molecule has 0 radical (unpaired) electrons. The summed E-state index contributed by atoms with van der Waals surface area (Å²) in [4.78, 5) is 11.5. The van der Waals surface area contributed by atoms with Gasteiger partial charge in [0.1, 0.15) is 6.04 Å². The minimum Gasteiger partial charge on any atom is -0.465 e. The van der Waals surface area contributed by atoms with Crippen molar-refractivity contribution in [2.45, 2.75) is 38.3 Å². The highest BCUT2D eigenvalue weighted by molar-refractivity contribution is 5.75. The van der Waals surface area contributed by atoms with Crippen molar-refractivity contribution in [2.24, 2.45) is 0 Å². The highest BCUT2D eigenvalue weighted by atomic mass is 16.5. The van der Waals surface area contributed by atoms with Crippen molar-refractivity contribution in [1.29, 1.82) is 0 Å². The molecular formula is C12H23NO4. The molecule has 0 bridgehead atoms. The van der Waals surface area contributed by atoms with Gasteiger partial charge in [-0.05, 0) is 33.2 Å². The molecule has 1 N–H and O–H groups in total. The van der Waals surface area contributed by atoms with E-state index in [1.165, 1.54) is 0 Å². The van der Waals surface area contributed by atoms with E-state index in [0.29, 0.717) is 26.2 Å². The van der Waals surface area contributed by atoms with Crippen LogP contribution in [0.3, 0.4) is 0 Å². The van der Waals surface area contributed by atoms with Gasteiger partial charge in [-0.3, -0.25) is 4.79 Å². The summed E-state index contributed by atoms with van der Waals surface area (Å²) in [5.41, 5.74) is 0. The number of nitrogens with one attached hydrogen (secondary N) is 1. The normalized spacial score (nSPS) is 21.4. The van der Waals surface area contributed by atoms with Crippen LogP contribution in [-0.4, -0.2) is 51.6 Å². The standard InChI is InChI=1S/C12H23NO4/c1-3-16-12(14)11(13-2)6-8-15-9-10-5-4-7-17-10/h10-11,13H,3-9H2,1-2H3. The van der Waals surface area contributed by atoms with Crippen LogP contribution in [0.5, 0.6) is 0 Å². The maximum atomic E-state index is 11.5. The predicted octanol–water partition coefficient (Wildman–Crippen LogP) is 0.723. The van der Waals surface area contributed by atoms with E-state index in [2.05, 4.69) is 5.32 Å². The van der Waals surface area contributed by atoms with Gasteiger partial charge >= 0.3 is 5.97 Å². The molecule has 5 nitrogen and oxygen atoms in total. The molecule has 1 fully saturated rings. The lowest BCUT2D eigenvalue weighted by Gasteiger charge is -2.15. The van der Waals surface area contributed by atoms with Crippen molar-refractivity contribution >= 4 is 5.97 Å². The Hall–Kier alpha value is -0.650. The summed E-state index contributed by atoms with van der Waals surface area (Å²) in [6.07, 6.45) is 3.07. The highest BCUT2D eigenvalue weighted by Crippen LogP contribution is 2.12. The minimum absolute atomic E-state index is 0.212. The largest absolute Gasteiger partial charge is 0.465 e. The van der Waals surface area contributed by atoms with Crippen molar-refractivity contribution < 1.29 is 19.0 Å². The number of hydrogen-bond donors (Lipinski definition) is 1. The molecule has 0 amide bonds. The fourth-order valence-electron chi connectivity index (χ4n) is 1.81. The summed E-state index contributed by atoms with van der Waals surface area (Å²) in [6, 6.07) is -0.278. The van der Waals surface area contributed by atoms with Gasteiger partial charge in [-0.1, -0.05) is 0 Å². The summed E-state index contributed by atoms with van der Waals surface area (Å²) in [6.45, 7) is 4.23. The minimum atomic E-state index is -0.278. The number of hydrogen-bond acceptors (Lipinski definition) is 5. The second-order valence-corrected chi connectivity index (χ2v) is 4.09. The average Bonchev–Trinajstić information content (AvgIpc) is 2.82. The van der Waals surface area contributed by atoms with Gasteiger partial charge < -0.3 is 19.5 Å². The van der Waals surface area contributed by atoms with Gasteiger partial charge in [0.05, 0.1) is 19.3 Å². The third-order valence-corrected chi connectivity index (χ3v) is 2.80. The van der Waals surface area contributed by atoms with Crippen molar-refractivity contribution in [1.82, 2.24) is 5.32 Å². The number of ether oxygens (including phenoxy) is 3. The fourth-order valence-corrected chi connectivity index (χ4v) is 1.81. The molecule has 1 aliphatic rings. The molecule has 1 heterocycles. The Balaban J connectivity index is 2.08. The highest BCUT2D eigenvalue weighted by Gasteiger charge is 2.18. The molecule has 0 aliphatic carbocycles. The van der Waals surface area contributed by atoms with E-state index < -0.39 is 0 Å². The third kappa shape index (κ3) is 5.48. The average molecular weight is 245 g/mol. The zero-order valence-electron chi connectivity index (χ0n) is 10.7. The molecule has 17 heavy (non-hydrogen) atoms. The monoisotopic (exact) mass is 245 g/mol. The SMILES string of the molecule is CCOC(=O)C(CCOCC1CCCO1)NC. The lowest BCUT2D eigenvalue weighted by molar-refractivity contribution is -0.146. The van der Waals surface area contributed by atoms with Crippen LogP contribution in [-0.2, 0) is 19.0 Å². The number of carbonyl (C=O) groups excluding carboxylic acids is 1. The van der Waals surface area contributed by atoms with Crippen LogP contribution in [0.2, 0.25) is 0 Å². The van der Waals surface area contributed by atoms with Crippen LogP contribution in [0, 0.1) is 0 Å². The molecule has 2 unspecified atom stereocenters. The van der Waals surface area contributed by atoms with Gasteiger partial charge in [-0.15, -0.1) is 0 Å². The Morgan fingerprint density at radius 1 is 1.59 bits per heavy atom. The Kier molecular flexibility index (Phi) is 7.16. The lowest BCUT2D eigenvalue weighted by atomic mass is 10.2. The molecule has 0 aromatic rings. The first kappa shape index (κ1) is 14.4. The maximum Gasteiger partial charge on any atom is 0.323 e. The number of carbonyl (C=O) groups is 1. The van der Waals surface area contributed by atoms with Crippen LogP contribution in [0.1, 0.15) is 26.2 Å². The van der Waals surface area contributed by atoms with Crippen LogP contribution in [0.15, 0.2) is 0 Å². The second kappa shape index (κ2) is 8.44. The Morgan fingerprint density at radius 3 is 3.00 bits per heavy atom. The lowest BCUT2D eigenvalue weighted by Crippen LogP contribution is -2.36. The van der Waals surface area contributed by atoms with Gasteiger partial charge in [-0.25, -0.2) is 0 Å². The Morgan fingerprint density at radius 2 is 2.41 bits per heavy atom. The summed E-state index contributed by atoms with van der Waals surface area (Å²) in [5, 5.41) is 2.93. The summed E-state index contributed by atoms with van der Waals surface area (Å²) >= 11 is 0. The molecule has 0 saturated carbocycles. The van der Waals surface area contributed by atoms with E-state index in [4.69, 9.17) is 14.2 Å². The van der Waals surface area contributed by atoms with Crippen molar-refractivity contribution in [2.75, 3.05) is 33.5 Å². The first-order valence-electron chi connectivity index (χ1n) is 6.31. The molecule has 0 spiro atoms. The van der Waals surface area contributed by atoms with Crippen molar-refractivity contribution in [3.63, 3.8) is 0 Å². The quantitative estimate of drug-likeness (QED) is 0.504. The Labute approximate surface area is 103 Å². The molecule has 1 aliphatic heterocycles. The van der Waals surface area contributed by atoms with E-state index >= 15 is 0 Å². The van der Waals surface area contributed by atoms with Gasteiger partial charge in [0.2, 0.25) is 0 Å². The number of rotatable bonds is 8. The van der Waals surface area contributed by atoms with Gasteiger partial charge in [0, 0.05) is 13.2 Å². The summed E-state index contributed by atoms with van der Waals surface area (Å²) in [7, 11) is 1.75. The number of esters is 1. The van der Waals surface area contributed by atoms with Crippen LogP contribution in [0.4, 0.5) is 0 Å². The fraction of sp³-hybridized carbons (Fsp3) is 0.917. The first-order valence-corrected chi connectivity index (χ1v) is 6.31. The van der Waals surface area contributed by atoms with Crippen LogP contribution in [0.25, 0.3) is 0 Å². The maximum absolute atomic E-state index is 11.5. The van der Waals surface area contributed by atoms with Gasteiger partial charge in [0.25, 0.3) is 0 Å². The van der Waals surface area contributed by atoms with Crippen molar-refractivity contribution in [3.05, 3.63) is 0 Å². The molecule has 1 saturated heterocycles. The van der Waals surface area contributed by atoms with E-state index in [1.54, 1.807) is 14.0 Å². The third-order valence-electron chi connectivity index (χ3n) is 2.80. The molecule has 0 aromatic carbocycles. The van der Waals surface area contributed by atoms with Crippen LogP contribution < -0.4 is 5.32 Å². The van der Waals surface area contributed by atoms with E-state index in [0.717, 1.165) is 19.4 Å². The molecular weight excluding hydrogens is 222 g/mol. The van der Waals surface area contributed by atoms with E-state index in [9.17, 15) is 4.79 Å². The van der Waals surface area contributed by atoms with E-state index in [-0.39, 0.29) is 18.1 Å². The van der Waals surface area contributed by atoms with E-state index in [1.807, 2.05) is 0 Å². The summed E-state index contributed by atoms with van der Waals surface area (Å²) < 4.78 is 15.9. The molecule has 0 aromatic heterocycles. The second-order valence-electron chi connectivity index (χ2n) is 4.09. The molecule has 100 valence electrons. The van der Waals surface area contributed by atoms with Crippen molar-refractivity contribution in [3.8, 4) is 0 Å². The first-order chi connectivity index (χ1) is 8.27. The van der Waals surface area contributed by atoms with Gasteiger partial charge in [-0.2, -0.15) is 0 Å². The molecule has 1 rings (SSSR count). The summed E-state index contributed by atoms with van der Waals surface area (Å²) in [5.74, 6) is -0.212. The molecule has 5 heteroatoms. The Bertz CT molecular complexity index is 217.